The monoisotopic (exact) mass is 364 g/mol. The van der Waals surface area contributed by atoms with E-state index in [1.807, 2.05) is 13.8 Å². The fourth-order valence-corrected chi connectivity index (χ4v) is 3.68. The fourth-order valence-electron chi connectivity index (χ4n) is 1.89. The molecule has 0 aliphatic heterocycles. The van der Waals surface area contributed by atoms with Crippen molar-refractivity contribution in [3.05, 3.63) is 0 Å². The molecule has 0 aromatic heterocycles. The van der Waals surface area contributed by atoms with Crippen molar-refractivity contribution < 1.29 is 42.9 Å². The molecule has 22 heavy (non-hydrogen) atoms. The molecule has 0 aliphatic carbocycles. The van der Waals surface area contributed by atoms with Crippen molar-refractivity contribution in [2.24, 2.45) is 0 Å². The maximum absolute atomic E-state index is 11.6. The minimum Gasteiger partial charge on any atom is -0.366 e. The van der Waals surface area contributed by atoms with Crippen molar-refractivity contribution in [3.63, 3.8) is 0 Å². The van der Waals surface area contributed by atoms with Gasteiger partial charge in [-0.1, -0.05) is 33.1 Å². The third-order valence-corrected chi connectivity index (χ3v) is 5.10. The van der Waals surface area contributed by atoms with Crippen LogP contribution in [0.1, 0.15) is 58.8 Å². The summed E-state index contributed by atoms with van der Waals surface area (Å²) < 4.78 is 30.6. The van der Waals surface area contributed by atoms with Crippen molar-refractivity contribution in [2.45, 2.75) is 70.7 Å². The van der Waals surface area contributed by atoms with Crippen LogP contribution < -0.4 is 0 Å². The minimum absolute atomic E-state index is 0.0601. The van der Waals surface area contributed by atoms with E-state index in [1.54, 1.807) is 0 Å². The first kappa shape index (κ1) is 22.2. The summed E-state index contributed by atoms with van der Waals surface area (Å²) in [5.74, 6) is -2.09. The van der Waals surface area contributed by atoms with Gasteiger partial charge >= 0.3 is 15.6 Å². The summed E-state index contributed by atoms with van der Waals surface area (Å²) >= 11 is 0. The Morgan fingerprint density at radius 3 is 2.05 bits per heavy atom. The second kappa shape index (κ2) is 9.47. The van der Waals surface area contributed by atoms with Gasteiger partial charge in [-0.25, -0.2) is 9.13 Å². The molecule has 0 aromatic carbocycles. The van der Waals surface area contributed by atoms with Gasteiger partial charge in [0.25, 0.3) is 0 Å². The maximum atomic E-state index is 11.6. The molecule has 0 heterocycles. The molecule has 11 heteroatoms. The van der Waals surface area contributed by atoms with E-state index in [-0.39, 0.29) is 19.3 Å². The summed E-state index contributed by atoms with van der Waals surface area (Å²) in [5, 5.41) is 19.7. The van der Waals surface area contributed by atoms with E-state index in [4.69, 9.17) is 14.3 Å². The van der Waals surface area contributed by atoms with E-state index in [0.717, 1.165) is 12.8 Å². The summed E-state index contributed by atoms with van der Waals surface area (Å²) in [6.45, 7) is 3.74. The summed E-state index contributed by atoms with van der Waals surface area (Å²) in [5.41, 5.74) is 0. The average Bonchev–Trinajstić information content (AvgIpc) is 2.29. The molecule has 2 unspecified atom stereocenters. The number of rotatable bonds is 12. The largest absolute Gasteiger partial charge is 0.481 e. The van der Waals surface area contributed by atoms with Gasteiger partial charge in [-0.05, 0) is 12.8 Å². The summed E-state index contributed by atoms with van der Waals surface area (Å²) in [6.07, 6.45) is 1.44. The van der Waals surface area contributed by atoms with E-state index in [0.29, 0.717) is 12.8 Å². The Hall–Kier alpha value is 0.180. The van der Waals surface area contributed by atoms with Gasteiger partial charge < -0.3 is 24.9 Å². The van der Waals surface area contributed by atoms with Gasteiger partial charge in [0.05, 0.1) is 6.10 Å². The minimum atomic E-state index is -5.20. The topological polar surface area (TPSA) is 154 Å². The first-order valence-corrected chi connectivity index (χ1v) is 10.2. The van der Waals surface area contributed by atoms with E-state index in [1.165, 1.54) is 0 Å². The van der Waals surface area contributed by atoms with E-state index in [9.17, 15) is 24.2 Å². The molecule has 0 aromatic rings. The van der Waals surface area contributed by atoms with Crippen LogP contribution in [0, 0.1) is 0 Å². The van der Waals surface area contributed by atoms with Gasteiger partial charge in [0.15, 0.2) is 5.79 Å². The molecule has 0 aliphatic rings. The third-order valence-electron chi connectivity index (χ3n) is 2.86. The Labute approximate surface area is 130 Å². The van der Waals surface area contributed by atoms with Gasteiger partial charge in [0.2, 0.25) is 0 Å². The molecule has 0 amide bonds. The zero-order valence-corrected chi connectivity index (χ0v) is 14.6. The van der Waals surface area contributed by atoms with Crippen LogP contribution >= 0.6 is 15.6 Å². The lowest BCUT2D eigenvalue weighted by Crippen LogP contribution is -2.34. The lowest BCUT2D eigenvalue weighted by atomic mass is 9.99. The quantitative estimate of drug-likeness (QED) is 0.258. The van der Waals surface area contributed by atoms with Crippen LogP contribution in [-0.4, -0.2) is 36.8 Å². The second-order valence-corrected chi connectivity index (χ2v) is 7.98. The zero-order chi connectivity index (χ0) is 17.4. The molecule has 0 spiro atoms. The number of hydrogen-bond donors (Lipinski definition) is 5. The van der Waals surface area contributed by atoms with Gasteiger partial charge in [-0.3, -0.25) is 4.52 Å². The molecule has 0 fully saturated rings. The zero-order valence-electron chi connectivity index (χ0n) is 12.8. The molecule has 5 N–H and O–H groups in total. The van der Waals surface area contributed by atoms with Crippen LogP contribution in [-0.2, 0) is 18.0 Å². The highest BCUT2D eigenvalue weighted by atomic mass is 31.3. The van der Waals surface area contributed by atoms with Crippen LogP contribution in [0.5, 0.6) is 0 Å². The van der Waals surface area contributed by atoms with Crippen LogP contribution in [0.3, 0.4) is 0 Å². The molecule has 0 saturated heterocycles. The Morgan fingerprint density at radius 1 is 1.05 bits per heavy atom. The van der Waals surface area contributed by atoms with Crippen LogP contribution in [0.4, 0.5) is 0 Å². The number of hydrogen-bond acceptors (Lipinski definition) is 6. The fraction of sp³-hybridized carbons (Fsp3) is 1.00. The van der Waals surface area contributed by atoms with E-state index in [2.05, 4.69) is 4.31 Å². The Morgan fingerprint density at radius 2 is 1.59 bits per heavy atom. The van der Waals surface area contributed by atoms with Gasteiger partial charge in [-0.15, -0.1) is 0 Å². The molecule has 0 rings (SSSR count). The number of aliphatic hydroxyl groups is 2. The number of unbranched alkanes of at least 4 members (excludes halogenated alkanes) is 2. The van der Waals surface area contributed by atoms with E-state index >= 15 is 0 Å². The normalized spacial score (nSPS) is 17.2. The average molecular weight is 364 g/mol. The van der Waals surface area contributed by atoms with Crippen molar-refractivity contribution in [3.8, 4) is 0 Å². The lowest BCUT2D eigenvalue weighted by molar-refractivity contribution is -0.184. The highest BCUT2D eigenvalue weighted by molar-refractivity contribution is 7.60. The van der Waals surface area contributed by atoms with Crippen molar-refractivity contribution in [2.75, 3.05) is 0 Å². The Kier molecular flexibility index (Phi) is 9.55. The van der Waals surface area contributed by atoms with Crippen molar-refractivity contribution >= 4 is 15.6 Å². The van der Waals surface area contributed by atoms with Gasteiger partial charge in [0.1, 0.15) is 0 Å². The van der Waals surface area contributed by atoms with Gasteiger partial charge in [0, 0.05) is 12.8 Å². The highest BCUT2D eigenvalue weighted by Gasteiger charge is 2.37. The summed E-state index contributed by atoms with van der Waals surface area (Å²) in [4.78, 5) is 26.5. The molecule has 2 atom stereocenters. The molecule has 0 bridgehead atoms. The first-order chi connectivity index (χ1) is 9.91. The standard InChI is InChI=1S/C11H26O9P2/c1-3-5-7-10(9-11(12,13)8-6-4-2)19-22(17,18)20-21(14,15)16/h10,12-13H,3-9H2,1-2H3,(H,17,18)(H2,14,15,16). The molecule has 9 nitrogen and oxygen atoms in total. The SMILES string of the molecule is CCCCC(CC(O)(O)CCCC)OP(=O)(O)OP(=O)(O)O. The molecular formula is C11H26O9P2. The Balaban J connectivity index is 4.83. The van der Waals surface area contributed by atoms with Crippen LogP contribution in [0.25, 0.3) is 0 Å². The smallest absolute Gasteiger partial charge is 0.366 e. The predicted octanol–water partition coefficient (Wildman–Crippen LogP) is 2.03. The molecule has 0 saturated carbocycles. The van der Waals surface area contributed by atoms with Crippen LogP contribution in [0.15, 0.2) is 0 Å². The number of phosphoric ester groups is 1. The lowest BCUT2D eigenvalue weighted by Gasteiger charge is -2.28. The second-order valence-electron chi connectivity index (χ2n) is 5.20. The number of phosphoric acid groups is 2. The molecule has 0 radical (unpaired) electrons. The van der Waals surface area contributed by atoms with Crippen LogP contribution in [0.2, 0.25) is 0 Å². The van der Waals surface area contributed by atoms with Gasteiger partial charge in [-0.2, -0.15) is 4.31 Å². The maximum Gasteiger partial charge on any atom is 0.481 e. The van der Waals surface area contributed by atoms with Crippen molar-refractivity contribution in [1.29, 1.82) is 0 Å². The molecule has 134 valence electrons. The highest BCUT2D eigenvalue weighted by Crippen LogP contribution is 2.58. The predicted molar refractivity (Wildman–Crippen MR) is 78.7 cm³/mol. The van der Waals surface area contributed by atoms with Crippen molar-refractivity contribution in [1.82, 2.24) is 0 Å². The molecular weight excluding hydrogens is 338 g/mol. The first-order valence-electron chi connectivity index (χ1n) is 7.13. The summed E-state index contributed by atoms with van der Waals surface area (Å²) in [7, 11) is -10.2. The third kappa shape index (κ3) is 11.7. The Bertz CT molecular complexity index is 406. The summed E-state index contributed by atoms with van der Waals surface area (Å²) in [6, 6.07) is 0. The van der Waals surface area contributed by atoms with E-state index < -0.39 is 27.5 Å².